The van der Waals surface area contributed by atoms with Crippen molar-refractivity contribution in [1.29, 1.82) is 0 Å². The van der Waals surface area contributed by atoms with Crippen molar-refractivity contribution in [2.75, 3.05) is 0 Å². The van der Waals surface area contributed by atoms with Crippen molar-refractivity contribution in [3.05, 3.63) is 23.4 Å². The quantitative estimate of drug-likeness (QED) is 0.860. The van der Waals surface area contributed by atoms with E-state index in [1.807, 2.05) is 19.9 Å². The SMILES string of the molecule is Cc1cc(-c2nc(C3(N)CCC3)no2)c(C)o1. The molecule has 90 valence electrons. The van der Waals surface area contributed by atoms with Crippen LogP contribution in [-0.4, -0.2) is 10.1 Å². The van der Waals surface area contributed by atoms with Crippen LogP contribution in [-0.2, 0) is 5.54 Å². The summed E-state index contributed by atoms with van der Waals surface area (Å²) in [6.45, 7) is 3.78. The van der Waals surface area contributed by atoms with Gasteiger partial charge in [-0.3, -0.25) is 0 Å². The van der Waals surface area contributed by atoms with Gasteiger partial charge in [0.15, 0.2) is 5.82 Å². The van der Waals surface area contributed by atoms with Crippen LogP contribution in [0, 0.1) is 13.8 Å². The lowest BCUT2D eigenvalue weighted by Gasteiger charge is -2.34. The zero-order valence-electron chi connectivity index (χ0n) is 9.99. The van der Waals surface area contributed by atoms with Crippen molar-refractivity contribution in [3.8, 4) is 11.5 Å². The fraction of sp³-hybridized carbons (Fsp3) is 0.500. The van der Waals surface area contributed by atoms with Crippen molar-refractivity contribution < 1.29 is 8.94 Å². The van der Waals surface area contributed by atoms with Crippen LogP contribution >= 0.6 is 0 Å². The molecule has 0 saturated heterocycles. The molecule has 3 rings (SSSR count). The van der Waals surface area contributed by atoms with Crippen molar-refractivity contribution in [2.24, 2.45) is 5.73 Å². The number of hydrogen-bond acceptors (Lipinski definition) is 5. The van der Waals surface area contributed by atoms with Gasteiger partial charge in [0.1, 0.15) is 11.5 Å². The van der Waals surface area contributed by atoms with E-state index in [1.54, 1.807) is 0 Å². The van der Waals surface area contributed by atoms with Crippen molar-refractivity contribution in [2.45, 2.75) is 38.6 Å². The first kappa shape index (κ1) is 10.5. The van der Waals surface area contributed by atoms with E-state index in [1.165, 1.54) is 0 Å². The maximum absolute atomic E-state index is 6.15. The molecule has 0 atom stereocenters. The average Bonchev–Trinajstić information content (AvgIpc) is 2.81. The summed E-state index contributed by atoms with van der Waals surface area (Å²) in [5.41, 5.74) is 6.62. The number of nitrogens with zero attached hydrogens (tertiary/aromatic N) is 2. The second kappa shape index (κ2) is 3.43. The van der Waals surface area contributed by atoms with Crippen molar-refractivity contribution in [1.82, 2.24) is 10.1 Å². The maximum atomic E-state index is 6.15. The van der Waals surface area contributed by atoms with Crippen LogP contribution in [0.1, 0.15) is 36.6 Å². The highest BCUT2D eigenvalue weighted by atomic mass is 16.5. The molecule has 2 aromatic heterocycles. The highest BCUT2D eigenvalue weighted by molar-refractivity contribution is 5.56. The number of aryl methyl sites for hydroxylation is 2. The van der Waals surface area contributed by atoms with Crippen LogP contribution < -0.4 is 5.73 Å². The maximum Gasteiger partial charge on any atom is 0.261 e. The first-order chi connectivity index (χ1) is 8.08. The molecule has 2 N–H and O–H groups in total. The summed E-state index contributed by atoms with van der Waals surface area (Å²) in [6, 6.07) is 1.90. The molecule has 1 aliphatic rings. The molecular weight excluding hydrogens is 218 g/mol. The van der Waals surface area contributed by atoms with E-state index in [0.29, 0.717) is 11.7 Å². The van der Waals surface area contributed by atoms with Gasteiger partial charge in [0.25, 0.3) is 5.89 Å². The Labute approximate surface area is 99.0 Å². The minimum absolute atomic E-state index is 0.381. The Morgan fingerprint density at radius 1 is 1.35 bits per heavy atom. The Hall–Kier alpha value is -1.62. The molecule has 2 aromatic rings. The molecule has 17 heavy (non-hydrogen) atoms. The predicted molar refractivity (Wildman–Crippen MR) is 61.2 cm³/mol. The summed E-state index contributed by atoms with van der Waals surface area (Å²) in [5.74, 6) is 2.73. The Balaban J connectivity index is 1.97. The van der Waals surface area contributed by atoms with Gasteiger partial charge in [-0.15, -0.1) is 0 Å². The summed E-state index contributed by atoms with van der Waals surface area (Å²) in [4.78, 5) is 4.39. The smallest absolute Gasteiger partial charge is 0.261 e. The zero-order valence-corrected chi connectivity index (χ0v) is 9.99. The minimum atomic E-state index is -0.381. The average molecular weight is 233 g/mol. The van der Waals surface area contributed by atoms with Crippen LogP contribution in [0.5, 0.6) is 0 Å². The molecule has 5 nitrogen and oxygen atoms in total. The molecule has 5 heteroatoms. The van der Waals surface area contributed by atoms with Gasteiger partial charge < -0.3 is 14.7 Å². The first-order valence-corrected chi connectivity index (χ1v) is 5.79. The van der Waals surface area contributed by atoms with E-state index in [4.69, 9.17) is 14.7 Å². The van der Waals surface area contributed by atoms with Gasteiger partial charge in [-0.2, -0.15) is 4.98 Å². The van der Waals surface area contributed by atoms with E-state index in [-0.39, 0.29) is 5.54 Å². The molecule has 1 aliphatic carbocycles. The summed E-state index contributed by atoms with van der Waals surface area (Å²) < 4.78 is 10.7. The van der Waals surface area contributed by atoms with Crippen LogP contribution in [0.25, 0.3) is 11.5 Å². The molecule has 1 fully saturated rings. The van der Waals surface area contributed by atoms with Crippen LogP contribution in [0.15, 0.2) is 15.0 Å². The van der Waals surface area contributed by atoms with Gasteiger partial charge >= 0.3 is 0 Å². The van der Waals surface area contributed by atoms with Crippen molar-refractivity contribution in [3.63, 3.8) is 0 Å². The topological polar surface area (TPSA) is 78.1 Å². The fourth-order valence-electron chi connectivity index (χ4n) is 2.16. The highest BCUT2D eigenvalue weighted by Gasteiger charge is 2.39. The van der Waals surface area contributed by atoms with Crippen molar-refractivity contribution >= 4 is 0 Å². The van der Waals surface area contributed by atoms with Crippen LogP contribution in [0.2, 0.25) is 0 Å². The van der Waals surface area contributed by atoms with Crippen LogP contribution in [0.3, 0.4) is 0 Å². The summed E-state index contributed by atoms with van der Waals surface area (Å²) >= 11 is 0. The van der Waals surface area contributed by atoms with Gasteiger partial charge in [0.2, 0.25) is 0 Å². The molecule has 0 radical (unpaired) electrons. The minimum Gasteiger partial charge on any atom is -0.466 e. The van der Waals surface area contributed by atoms with Crippen LogP contribution in [0.4, 0.5) is 0 Å². The van der Waals surface area contributed by atoms with Gasteiger partial charge in [0, 0.05) is 0 Å². The number of hydrogen-bond donors (Lipinski definition) is 1. The predicted octanol–water partition coefficient (Wildman–Crippen LogP) is 2.28. The molecule has 0 amide bonds. The Bertz CT molecular complexity index is 552. The Morgan fingerprint density at radius 2 is 2.12 bits per heavy atom. The number of rotatable bonds is 2. The molecule has 0 spiro atoms. The largest absolute Gasteiger partial charge is 0.466 e. The van der Waals surface area contributed by atoms with E-state index >= 15 is 0 Å². The van der Waals surface area contributed by atoms with Gasteiger partial charge in [-0.05, 0) is 39.2 Å². The zero-order chi connectivity index (χ0) is 12.0. The third kappa shape index (κ3) is 1.58. The monoisotopic (exact) mass is 233 g/mol. The third-order valence-electron chi connectivity index (χ3n) is 3.39. The van der Waals surface area contributed by atoms with Gasteiger partial charge in [0.05, 0.1) is 11.1 Å². The molecule has 2 heterocycles. The summed E-state index contributed by atoms with van der Waals surface area (Å²) in [5, 5.41) is 3.98. The van der Waals surface area contributed by atoms with Gasteiger partial charge in [-0.25, -0.2) is 0 Å². The lowest BCUT2D eigenvalue weighted by Crippen LogP contribution is -2.44. The lowest BCUT2D eigenvalue weighted by atomic mass is 9.77. The number of nitrogens with two attached hydrogens (primary N) is 1. The molecule has 0 bridgehead atoms. The van der Waals surface area contributed by atoms with E-state index < -0.39 is 0 Å². The fourth-order valence-corrected chi connectivity index (χ4v) is 2.16. The summed E-state index contributed by atoms with van der Waals surface area (Å²) in [6.07, 6.45) is 2.98. The third-order valence-corrected chi connectivity index (χ3v) is 3.39. The normalized spacial score (nSPS) is 18.1. The first-order valence-electron chi connectivity index (χ1n) is 5.79. The highest BCUT2D eigenvalue weighted by Crippen LogP contribution is 2.38. The lowest BCUT2D eigenvalue weighted by molar-refractivity contribution is 0.229. The van der Waals surface area contributed by atoms with E-state index in [9.17, 15) is 0 Å². The second-order valence-corrected chi connectivity index (χ2v) is 4.76. The molecule has 0 unspecified atom stereocenters. The van der Waals surface area contributed by atoms with Gasteiger partial charge in [-0.1, -0.05) is 5.16 Å². The summed E-state index contributed by atoms with van der Waals surface area (Å²) in [7, 11) is 0. The molecule has 0 aliphatic heterocycles. The van der Waals surface area contributed by atoms with E-state index in [2.05, 4.69) is 10.1 Å². The molecular formula is C12H15N3O2. The Morgan fingerprint density at radius 3 is 2.65 bits per heavy atom. The molecule has 1 saturated carbocycles. The number of furan rings is 1. The standard InChI is InChI=1S/C12H15N3O2/c1-7-6-9(8(2)16-7)10-14-11(15-17-10)12(13)4-3-5-12/h6H,3-5,13H2,1-2H3. The van der Waals surface area contributed by atoms with E-state index in [0.717, 1.165) is 36.3 Å². The Kier molecular flexibility index (Phi) is 2.13. The molecule has 0 aromatic carbocycles. The second-order valence-electron chi connectivity index (χ2n) is 4.76. The number of aromatic nitrogens is 2.